The van der Waals surface area contributed by atoms with Crippen molar-refractivity contribution < 1.29 is 19.5 Å². The minimum atomic E-state index is -0.541. The molecule has 0 atom stereocenters. The molecule has 0 bridgehead atoms. The molecular weight excluding hydrogens is 262 g/mol. The highest BCUT2D eigenvalue weighted by Crippen LogP contribution is 2.23. The van der Waals surface area contributed by atoms with Crippen LogP contribution < -0.4 is 5.32 Å². The Labute approximate surface area is 115 Å². The third-order valence-corrected chi connectivity index (χ3v) is 2.96. The van der Waals surface area contributed by atoms with Crippen LogP contribution in [0.3, 0.4) is 0 Å². The van der Waals surface area contributed by atoms with Gasteiger partial charge in [-0.2, -0.15) is 0 Å². The van der Waals surface area contributed by atoms with Gasteiger partial charge in [-0.1, -0.05) is 6.07 Å². The summed E-state index contributed by atoms with van der Waals surface area (Å²) in [6.45, 7) is 1.42. The number of carbonyl (C=O) groups excluding carboxylic acids is 3. The van der Waals surface area contributed by atoms with Crippen LogP contribution in [-0.4, -0.2) is 52.9 Å². The first-order valence-corrected chi connectivity index (χ1v) is 6.03. The van der Waals surface area contributed by atoms with Crippen LogP contribution in [0.4, 0.5) is 10.5 Å². The van der Waals surface area contributed by atoms with Gasteiger partial charge in [0.2, 0.25) is 5.91 Å². The van der Waals surface area contributed by atoms with E-state index in [2.05, 4.69) is 5.32 Å². The monoisotopic (exact) mass is 277 g/mol. The van der Waals surface area contributed by atoms with E-state index in [0.717, 1.165) is 10.5 Å². The molecule has 0 saturated carbocycles. The Bertz CT molecular complexity index is 585. The number of aromatic hydroxyl groups is 1. The van der Waals surface area contributed by atoms with Gasteiger partial charge < -0.3 is 15.3 Å². The average Bonchev–Trinajstić information content (AvgIpc) is 2.60. The summed E-state index contributed by atoms with van der Waals surface area (Å²) < 4.78 is 0. The van der Waals surface area contributed by atoms with Crippen molar-refractivity contribution in [2.24, 2.45) is 0 Å². The minimum absolute atomic E-state index is 0.0259. The zero-order valence-electron chi connectivity index (χ0n) is 11.2. The van der Waals surface area contributed by atoms with Gasteiger partial charge in [-0.25, -0.2) is 4.79 Å². The normalized spacial score (nSPS) is 14.9. The summed E-state index contributed by atoms with van der Waals surface area (Å²) in [6, 6.07) is 4.30. The van der Waals surface area contributed by atoms with Gasteiger partial charge in [0, 0.05) is 7.05 Å². The van der Waals surface area contributed by atoms with Gasteiger partial charge in [-0.15, -0.1) is 0 Å². The summed E-state index contributed by atoms with van der Waals surface area (Å²) in [5.74, 6) is -1.02. The molecular formula is C13H15N3O4. The third-order valence-electron chi connectivity index (χ3n) is 2.96. The standard InChI is InChI=1S/C13H15N3O4/c1-8-3-4-9(10(17)5-8)14-11(18)6-16-12(19)7-15(2)13(16)20/h3-5,17H,6-7H2,1-2H3,(H,14,18). The predicted molar refractivity (Wildman–Crippen MR) is 71.2 cm³/mol. The number of aryl methyl sites for hydroxylation is 1. The van der Waals surface area contributed by atoms with E-state index in [9.17, 15) is 19.5 Å². The molecule has 20 heavy (non-hydrogen) atoms. The predicted octanol–water partition coefficient (Wildman–Crippen LogP) is 0.533. The molecule has 0 spiro atoms. The number of amides is 4. The van der Waals surface area contributed by atoms with Gasteiger partial charge >= 0.3 is 6.03 Å². The smallest absolute Gasteiger partial charge is 0.327 e. The number of benzene rings is 1. The van der Waals surface area contributed by atoms with Gasteiger partial charge in [0.25, 0.3) is 5.91 Å². The maximum atomic E-state index is 11.8. The summed E-state index contributed by atoms with van der Waals surface area (Å²) in [4.78, 5) is 37.1. The molecule has 1 aliphatic heterocycles. The molecule has 1 fully saturated rings. The molecule has 2 N–H and O–H groups in total. The molecule has 7 heteroatoms. The number of urea groups is 1. The highest BCUT2D eigenvalue weighted by molar-refractivity contribution is 6.06. The Morgan fingerprint density at radius 2 is 2.10 bits per heavy atom. The number of hydrogen-bond donors (Lipinski definition) is 2. The minimum Gasteiger partial charge on any atom is -0.506 e. The first-order chi connectivity index (χ1) is 9.38. The molecule has 4 amide bonds. The van der Waals surface area contributed by atoms with Crippen molar-refractivity contribution in [2.45, 2.75) is 6.92 Å². The number of hydrogen-bond acceptors (Lipinski definition) is 4. The zero-order valence-corrected chi connectivity index (χ0v) is 11.2. The Balaban J connectivity index is 2.03. The van der Waals surface area contributed by atoms with E-state index >= 15 is 0 Å². The highest BCUT2D eigenvalue weighted by Gasteiger charge is 2.34. The van der Waals surface area contributed by atoms with Crippen molar-refractivity contribution in [3.8, 4) is 5.75 Å². The quantitative estimate of drug-likeness (QED) is 0.623. The largest absolute Gasteiger partial charge is 0.506 e. The van der Waals surface area contributed by atoms with Gasteiger partial charge in [-0.05, 0) is 24.6 Å². The second kappa shape index (κ2) is 5.20. The maximum Gasteiger partial charge on any atom is 0.327 e. The Morgan fingerprint density at radius 1 is 1.40 bits per heavy atom. The van der Waals surface area contributed by atoms with E-state index in [1.165, 1.54) is 18.0 Å². The molecule has 0 aliphatic carbocycles. The molecule has 7 nitrogen and oxygen atoms in total. The number of likely N-dealkylation sites (N-methyl/N-ethyl adjacent to an activating group) is 1. The summed E-state index contributed by atoms with van der Waals surface area (Å²) in [5.41, 5.74) is 1.10. The number of nitrogens with one attached hydrogen (secondary N) is 1. The van der Waals surface area contributed by atoms with E-state index in [-0.39, 0.29) is 24.5 Å². The van der Waals surface area contributed by atoms with E-state index < -0.39 is 17.8 Å². The molecule has 1 aromatic carbocycles. The van der Waals surface area contributed by atoms with Crippen molar-refractivity contribution in [1.82, 2.24) is 9.80 Å². The van der Waals surface area contributed by atoms with Crippen molar-refractivity contribution in [1.29, 1.82) is 0 Å². The van der Waals surface area contributed by atoms with Crippen LogP contribution in [0, 0.1) is 6.92 Å². The molecule has 1 aliphatic rings. The van der Waals surface area contributed by atoms with Crippen LogP contribution in [0.1, 0.15) is 5.56 Å². The van der Waals surface area contributed by atoms with Gasteiger partial charge in [-0.3, -0.25) is 14.5 Å². The Kier molecular flexibility index (Phi) is 3.60. The van der Waals surface area contributed by atoms with Crippen LogP contribution >= 0.6 is 0 Å². The number of rotatable bonds is 3. The first-order valence-electron chi connectivity index (χ1n) is 6.03. The van der Waals surface area contributed by atoms with Crippen LogP contribution in [0.25, 0.3) is 0 Å². The van der Waals surface area contributed by atoms with E-state index in [0.29, 0.717) is 0 Å². The average molecular weight is 277 g/mol. The lowest BCUT2D eigenvalue weighted by Crippen LogP contribution is -2.38. The van der Waals surface area contributed by atoms with Gasteiger partial charge in [0.15, 0.2) is 0 Å². The highest BCUT2D eigenvalue weighted by atomic mass is 16.3. The first kappa shape index (κ1) is 13.9. The second-order valence-corrected chi connectivity index (χ2v) is 4.69. The molecule has 0 aromatic heterocycles. The molecule has 0 radical (unpaired) electrons. The number of carbonyl (C=O) groups is 3. The molecule has 2 rings (SSSR count). The zero-order chi connectivity index (χ0) is 14.9. The summed E-state index contributed by atoms with van der Waals surface area (Å²) in [6.07, 6.45) is 0. The summed E-state index contributed by atoms with van der Waals surface area (Å²) >= 11 is 0. The van der Waals surface area contributed by atoms with Crippen LogP contribution in [0.5, 0.6) is 5.75 Å². The number of phenolic OH excluding ortho intramolecular Hbond substituents is 1. The van der Waals surface area contributed by atoms with Crippen molar-refractivity contribution in [3.05, 3.63) is 23.8 Å². The summed E-state index contributed by atoms with van der Waals surface area (Å²) in [5, 5.41) is 12.1. The molecule has 1 aromatic rings. The molecule has 1 saturated heterocycles. The van der Waals surface area contributed by atoms with Crippen LogP contribution in [0.15, 0.2) is 18.2 Å². The topological polar surface area (TPSA) is 90.0 Å². The fraction of sp³-hybridized carbons (Fsp3) is 0.308. The second-order valence-electron chi connectivity index (χ2n) is 4.69. The third kappa shape index (κ3) is 2.71. The molecule has 0 unspecified atom stereocenters. The van der Waals surface area contributed by atoms with Gasteiger partial charge in [0.05, 0.1) is 5.69 Å². The lowest BCUT2D eigenvalue weighted by molar-refractivity contribution is -0.129. The summed E-state index contributed by atoms with van der Waals surface area (Å²) in [7, 11) is 1.49. The van der Waals surface area contributed by atoms with E-state index in [1.54, 1.807) is 12.1 Å². The van der Waals surface area contributed by atoms with E-state index in [4.69, 9.17) is 0 Å². The van der Waals surface area contributed by atoms with Crippen molar-refractivity contribution in [3.63, 3.8) is 0 Å². The van der Waals surface area contributed by atoms with Crippen LogP contribution in [0.2, 0.25) is 0 Å². The Morgan fingerprint density at radius 3 is 2.65 bits per heavy atom. The number of anilines is 1. The van der Waals surface area contributed by atoms with Gasteiger partial charge in [0.1, 0.15) is 18.8 Å². The lowest BCUT2D eigenvalue weighted by Gasteiger charge is -2.14. The maximum absolute atomic E-state index is 11.8. The SMILES string of the molecule is Cc1ccc(NC(=O)CN2C(=O)CN(C)C2=O)c(O)c1. The number of nitrogens with zero attached hydrogens (tertiary/aromatic N) is 2. The van der Waals surface area contributed by atoms with Crippen molar-refractivity contribution in [2.75, 3.05) is 25.5 Å². The van der Waals surface area contributed by atoms with Crippen LogP contribution in [-0.2, 0) is 9.59 Å². The Hall–Kier alpha value is -2.57. The van der Waals surface area contributed by atoms with Crippen molar-refractivity contribution >= 4 is 23.5 Å². The fourth-order valence-electron chi connectivity index (χ4n) is 1.91. The fourth-order valence-corrected chi connectivity index (χ4v) is 1.91. The molecule has 1 heterocycles. The number of imide groups is 1. The van der Waals surface area contributed by atoms with E-state index in [1.807, 2.05) is 6.92 Å². The lowest BCUT2D eigenvalue weighted by atomic mass is 10.2. The molecule has 106 valence electrons. The number of phenols is 1.